The number of aliphatic carboxylic acids is 1. The van der Waals surface area contributed by atoms with Gasteiger partial charge in [0.2, 0.25) is 0 Å². The second-order valence-electron chi connectivity index (χ2n) is 9.62. The normalized spacial score (nSPS) is 14.6. The Bertz CT molecular complexity index is 1260. The minimum absolute atomic E-state index is 0.574. The van der Waals surface area contributed by atoms with E-state index >= 15 is 0 Å². The van der Waals surface area contributed by atoms with E-state index in [-0.39, 0.29) is 0 Å². The van der Waals surface area contributed by atoms with Gasteiger partial charge in [0.25, 0.3) is 0 Å². The van der Waals surface area contributed by atoms with E-state index in [1.807, 2.05) is 19.9 Å². The van der Waals surface area contributed by atoms with Gasteiger partial charge in [-0.15, -0.1) is 0 Å². The van der Waals surface area contributed by atoms with Crippen molar-refractivity contribution < 1.29 is 19.4 Å². The number of carbonyl (C=O) groups is 1. The molecule has 182 valence electrons. The van der Waals surface area contributed by atoms with Crippen LogP contribution in [0, 0.1) is 19.3 Å². The van der Waals surface area contributed by atoms with Gasteiger partial charge in [0.15, 0.2) is 11.5 Å². The zero-order valence-corrected chi connectivity index (χ0v) is 21.1. The molecule has 1 atom stereocenters. The van der Waals surface area contributed by atoms with Crippen LogP contribution in [0.25, 0.3) is 23.3 Å². The molecule has 4 rings (SSSR count). The van der Waals surface area contributed by atoms with Crippen molar-refractivity contribution in [2.75, 3.05) is 13.2 Å². The molecule has 0 aromatic heterocycles. The Morgan fingerprint density at radius 2 is 1.71 bits per heavy atom. The van der Waals surface area contributed by atoms with Gasteiger partial charge < -0.3 is 14.6 Å². The summed E-state index contributed by atoms with van der Waals surface area (Å²) in [5, 5.41) is 9.58. The topological polar surface area (TPSA) is 55.8 Å². The number of benzene rings is 3. The SMILES string of the molecule is CCC(C)(CCc1ccc(C)c(C=Cc2cccc(-c3ccc4c(c3)OCCO4)c2C)c1)C(=O)O. The maximum atomic E-state index is 11.7. The van der Waals surface area contributed by atoms with E-state index in [0.717, 1.165) is 40.2 Å². The molecule has 1 unspecified atom stereocenters. The molecule has 0 spiro atoms. The number of ether oxygens (including phenoxy) is 2. The smallest absolute Gasteiger partial charge is 0.309 e. The van der Waals surface area contributed by atoms with Crippen molar-refractivity contribution in [2.45, 2.75) is 47.0 Å². The third kappa shape index (κ3) is 5.43. The number of carboxylic acid groups (broad SMARTS) is 1. The Balaban J connectivity index is 1.56. The Labute approximate surface area is 208 Å². The minimum Gasteiger partial charge on any atom is -0.486 e. The first-order valence-electron chi connectivity index (χ1n) is 12.3. The highest BCUT2D eigenvalue weighted by Gasteiger charge is 2.30. The van der Waals surface area contributed by atoms with Crippen molar-refractivity contribution >= 4 is 18.1 Å². The molecule has 1 aliphatic rings. The first kappa shape index (κ1) is 24.6. The van der Waals surface area contributed by atoms with Gasteiger partial charge in [0.1, 0.15) is 13.2 Å². The summed E-state index contributed by atoms with van der Waals surface area (Å²) in [7, 11) is 0. The van der Waals surface area contributed by atoms with Gasteiger partial charge in [-0.05, 0) is 91.1 Å². The monoisotopic (exact) mass is 470 g/mol. The second-order valence-corrected chi connectivity index (χ2v) is 9.62. The van der Waals surface area contributed by atoms with Crippen LogP contribution in [0.3, 0.4) is 0 Å². The molecule has 3 aromatic rings. The molecule has 0 saturated heterocycles. The zero-order valence-electron chi connectivity index (χ0n) is 21.1. The molecule has 4 heteroatoms. The lowest BCUT2D eigenvalue weighted by atomic mass is 9.81. The number of fused-ring (bicyclic) bond motifs is 1. The van der Waals surface area contributed by atoms with Crippen molar-refractivity contribution in [1.29, 1.82) is 0 Å². The highest BCUT2D eigenvalue weighted by atomic mass is 16.6. The quantitative estimate of drug-likeness (QED) is 0.350. The molecule has 0 bridgehead atoms. The largest absolute Gasteiger partial charge is 0.486 e. The van der Waals surface area contributed by atoms with Gasteiger partial charge >= 0.3 is 5.97 Å². The molecule has 1 N–H and O–H groups in total. The van der Waals surface area contributed by atoms with Gasteiger partial charge in [0, 0.05) is 0 Å². The fourth-order valence-corrected chi connectivity index (χ4v) is 4.42. The van der Waals surface area contributed by atoms with Crippen molar-refractivity contribution in [2.24, 2.45) is 5.41 Å². The van der Waals surface area contributed by atoms with Crippen LogP contribution in [-0.4, -0.2) is 24.3 Å². The molecular formula is C31H34O4. The molecule has 4 nitrogen and oxygen atoms in total. The summed E-state index contributed by atoms with van der Waals surface area (Å²) in [5.41, 5.74) is 7.47. The number of aryl methyl sites for hydroxylation is 2. The molecule has 3 aromatic carbocycles. The van der Waals surface area contributed by atoms with Crippen LogP contribution in [0.1, 0.15) is 54.5 Å². The van der Waals surface area contributed by atoms with E-state index < -0.39 is 11.4 Å². The summed E-state index contributed by atoms with van der Waals surface area (Å²) in [4.78, 5) is 11.7. The van der Waals surface area contributed by atoms with E-state index in [1.165, 1.54) is 16.7 Å². The van der Waals surface area contributed by atoms with Crippen LogP contribution < -0.4 is 9.47 Å². The average molecular weight is 471 g/mol. The summed E-state index contributed by atoms with van der Waals surface area (Å²) in [5.74, 6) is 0.871. The van der Waals surface area contributed by atoms with Crippen LogP contribution in [-0.2, 0) is 11.2 Å². The van der Waals surface area contributed by atoms with Gasteiger partial charge in [-0.2, -0.15) is 0 Å². The Morgan fingerprint density at radius 1 is 0.971 bits per heavy atom. The Morgan fingerprint density at radius 3 is 2.46 bits per heavy atom. The lowest BCUT2D eigenvalue weighted by Crippen LogP contribution is -2.27. The zero-order chi connectivity index (χ0) is 25.0. The van der Waals surface area contributed by atoms with E-state index in [1.54, 1.807) is 0 Å². The third-order valence-electron chi connectivity index (χ3n) is 7.28. The Kier molecular flexibility index (Phi) is 7.30. The van der Waals surface area contributed by atoms with Crippen LogP contribution >= 0.6 is 0 Å². The van der Waals surface area contributed by atoms with Gasteiger partial charge in [-0.3, -0.25) is 4.79 Å². The van der Waals surface area contributed by atoms with Crippen molar-refractivity contribution in [3.63, 3.8) is 0 Å². The Hall–Kier alpha value is -3.53. The molecule has 0 fully saturated rings. The number of hydrogen-bond donors (Lipinski definition) is 1. The van der Waals surface area contributed by atoms with E-state index in [0.29, 0.717) is 26.1 Å². The molecule has 0 aliphatic carbocycles. The molecule has 0 saturated carbocycles. The molecule has 0 radical (unpaired) electrons. The lowest BCUT2D eigenvalue weighted by Gasteiger charge is -2.22. The first-order valence-corrected chi connectivity index (χ1v) is 12.3. The fourth-order valence-electron chi connectivity index (χ4n) is 4.42. The standard InChI is InChI=1S/C31H34O4/c1-5-31(4,30(32)33)16-15-23-10-9-21(2)25(19-23)12-11-24-7-6-8-27(22(24)3)26-13-14-28-29(20-26)35-18-17-34-28/h6-14,19-20H,5,15-18H2,1-4H3,(H,32,33). The van der Waals surface area contributed by atoms with Gasteiger partial charge in [-0.1, -0.05) is 61.5 Å². The number of carboxylic acids is 1. The van der Waals surface area contributed by atoms with Gasteiger partial charge in [-0.25, -0.2) is 0 Å². The summed E-state index contributed by atoms with van der Waals surface area (Å²) >= 11 is 0. The number of hydrogen-bond acceptors (Lipinski definition) is 3. The lowest BCUT2D eigenvalue weighted by molar-refractivity contribution is -0.148. The summed E-state index contributed by atoms with van der Waals surface area (Å²) in [6, 6.07) is 18.9. The summed E-state index contributed by atoms with van der Waals surface area (Å²) in [6.07, 6.45) is 6.32. The first-order chi connectivity index (χ1) is 16.8. The molecular weight excluding hydrogens is 436 g/mol. The molecule has 1 heterocycles. The fraction of sp³-hybridized carbons (Fsp3) is 0.323. The predicted molar refractivity (Wildman–Crippen MR) is 142 cm³/mol. The summed E-state index contributed by atoms with van der Waals surface area (Å²) < 4.78 is 11.4. The second kappa shape index (κ2) is 10.4. The maximum absolute atomic E-state index is 11.7. The van der Waals surface area contributed by atoms with Gasteiger partial charge in [0.05, 0.1) is 5.41 Å². The van der Waals surface area contributed by atoms with Crippen LogP contribution in [0.4, 0.5) is 0 Å². The average Bonchev–Trinajstić information content (AvgIpc) is 2.87. The van der Waals surface area contributed by atoms with Crippen molar-refractivity contribution in [3.8, 4) is 22.6 Å². The van der Waals surface area contributed by atoms with Crippen LogP contribution in [0.5, 0.6) is 11.5 Å². The minimum atomic E-state index is -0.722. The number of rotatable bonds is 8. The van der Waals surface area contributed by atoms with E-state index in [2.05, 4.69) is 74.5 Å². The molecule has 35 heavy (non-hydrogen) atoms. The van der Waals surface area contributed by atoms with E-state index in [9.17, 15) is 9.90 Å². The van der Waals surface area contributed by atoms with Crippen LogP contribution in [0.2, 0.25) is 0 Å². The molecule has 0 amide bonds. The predicted octanol–water partition coefficient (Wildman–Crippen LogP) is 7.35. The summed E-state index contributed by atoms with van der Waals surface area (Å²) in [6.45, 7) is 9.19. The van der Waals surface area contributed by atoms with Crippen molar-refractivity contribution in [1.82, 2.24) is 0 Å². The molecule has 1 aliphatic heterocycles. The van der Waals surface area contributed by atoms with E-state index in [4.69, 9.17) is 9.47 Å². The highest BCUT2D eigenvalue weighted by molar-refractivity contribution is 5.79. The third-order valence-corrected chi connectivity index (χ3v) is 7.28. The van der Waals surface area contributed by atoms with Crippen LogP contribution in [0.15, 0.2) is 54.6 Å². The maximum Gasteiger partial charge on any atom is 0.309 e. The van der Waals surface area contributed by atoms with Crippen molar-refractivity contribution in [3.05, 3.63) is 82.4 Å². The highest BCUT2D eigenvalue weighted by Crippen LogP contribution is 2.36.